The maximum Gasteiger partial charge on any atom is 0.345 e. The van der Waals surface area contributed by atoms with Gasteiger partial charge < -0.3 is 10.4 Å². The Kier molecular flexibility index (Phi) is 4.07. The van der Waals surface area contributed by atoms with Crippen molar-refractivity contribution >= 4 is 17.3 Å². The van der Waals surface area contributed by atoms with Crippen LogP contribution in [0.3, 0.4) is 0 Å². The molecule has 1 aliphatic carbocycles. The molecule has 0 aliphatic heterocycles. The first-order valence-electron chi connectivity index (χ1n) is 6.60. The van der Waals surface area contributed by atoms with E-state index in [2.05, 4.69) is 12.2 Å². The highest BCUT2D eigenvalue weighted by atomic mass is 32.1. The van der Waals surface area contributed by atoms with Crippen LogP contribution in [0.5, 0.6) is 0 Å². The minimum atomic E-state index is -0.820. The summed E-state index contributed by atoms with van der Waals surface area (Å²) in [6, 6.07) is 1.80. The fourth-order valence-electron chi connectivity index (χ4n) is 2.49. The third-order valence-corrected chi connectivity index (χ3v) is 4.87. The number of carboxylic acids is 1. The molecule has 0 bridgehead atoms. The van der Waals surface area contributed by atoms with Crippen LogP contribution in [-0.2, 0) is 6.54 Å². The molecule has 0 radical (unpaired) electrons. The predicted molar refractivity (Wildman–Crippen MR) is 74.3 cm³/mol. The molecule has 2 N–H and O–H groups in total. The van der Waals surface area contributed by atoms with Crippen molar-refractivity contribution in [3.05, 3.63) is 21.4 Å². The van der Waals surface area contributed by atoms with Gasteiger partial charge in [-0.1, -0.05) is 13.3 Å². The van der Waals surface area contributed by atoms with Crippen LogP contribution < -0.4 is 5.32 Å². The summed E-state index contributed by atoms with van der Waals surface area (Å²) in [5.41, 5.74) is 1.68. The van der Waals surface area contributed by atoms with Gasteiger partial charge in [-0.25, -0.2) is 4.79 Å². The molecule has 3 nitrogen and oxygen atoms in total. The molecule has 1 saturated carbocycles. The van der Waals surface area contributed by atoms with E-state index >= 15 is 0 Å². The molecule has 2 rings (SSSR count). The number of rotatable bonds is 7. The molecule has 0 spiro atoms. The Morgan fingerprint density at radius 3 is 2.78 bits per heavy atom. The summed E-state index contributed by atoms with van der Waals surface area (Å²) in [5, 5.41) is 12.4. The van der Waals surface area contributed by atoms with E-state index in [-0.39, 0.29) is 0 Å². The van der Waals surface area contributed by atoms with Crippen LogP contribution in [0.15, 0.2) is 6.07 Å². The van der Waals surface area contributed by atoms with E-state index in [0.717, 1.165) is 23.5 Å². The topological polar surface area (TPSA) is 49.3 Å². The van der Waals surface area contributed by atoms with E-state index in [1.807, 2.05) is 6.92 Å². The average molecular weight is 267 g/mol. The van der Waals surface area contributed by atoms with E-state index in [1.165, 1.54) is 37.0 Å². The van der Waals surface area contributed by atoms with Gasteiger partial charge >= 0.3 is 5.97 Å². The monoisotopic (exact) mass is 267 g/mol. The van der Waals surface area contributed by atoms with Crippen molar-refractivity contribution in [2.24, 2.45) is 5.41 Å². The van der Waals surface area contributed by atoms with Crippen molar-refractivity contribution in [1.29, 1.82) is 0 Å². The van der Waals surface area contributed by atoms with Gasteiger partial charge in [-0.2, -0.15) is 0 Å². The molecule has 4 heteroatoms. The van der Waals surface area contributed by atoms with Gasteiger partial charge in [-0.15, -0.1) is 11.3 Å². The largest absolute Gasteiger partial charge is 0.477 e. The molecule has 1 aliphatic rings. The number of hydrogen-bond donors (Lipinski definition) is 2. The number of hydrogen-bond acceptors (Lipinski definition) is 3. The summed E-state index contributed by atoms with van der Waals surface area (Å²) in [7, 11) is 0. The SMILES string of the molecule is CCCC1(CNCc2cc(C(=O)O)sc2C)CC1. The van der Waals surface area contributed by atoms with Crippen LogP contribution in [0.2, 0.25) is 0 Å². The van der Waals surface area contributed by atoms with E-state index in [4.69, 9.17) is 5.11 Å². The molecule has 0 amide bonds. The van der Waals surface area contributed by atoms with Gasteiger partial charge in [-0.05, 0) is 43.2 Å². The second-order valence-corrected chi connectivity index (χ2v) is 6.61. The van der Waals surface area contributed by atoms with Gasteiger partial charge in [-0.3, -0.25) is 0 Å². The van der Waals surface area contributed by atoms with Crippen LogP contribution in [0.1, 0.15) is 52.7 Å². The normalized spacial score (nSPS) is 16.8. The molecule has 1 fully saturated rings. The van der Waals surface area contributed by atoms with Gasteiger partial charge in [0, 0.05) is 18.0 Å². The number of thiophene rings is 1. The number of carboxylic acid groups (broad SMARTS) is 1. The molecule has 0 aromatic carbocycles. The van der Waals surface area contributed by atoms with Crippen molar-refractivity contribution in [1.82, 2.24) is 5.32 Å². The minimum absolute atomic E-state index is 0.444. The van der Waals surface area contributed by atoms with Crippen LogP contribution >= 0.6 is 11.3 Å². The quantitative estimate of drug-likeness (QED) is 0.795. The first-order chi connectivity index (χ1) is 8.56. The van der Waals surface area contributed by atoms with E-state index < -0.39 is 5.97 Å². The average Bonchev–Trinajstić information content (AvgIpc) is 2.96. The van der Waals surface area contributed by atoms with Gasteiger partial charge in [0.15, 0.2) is 0 Å². The molecule has 0 saturated heterocycles. The fraction of sp³-hybridized carbons (Fsp3) is 0.643. The highest BCUT2D eigenvalue weighted by molar-refractivity contribution is 7.14. The molecular weight excluding hydrogens is 246 g/mol. The number of aromatic carboxylic acids is 1. The first-order valence-corrected chi connectivity index (χ1v) is 7.41. The lowest BCUT2D eigenvalue weighted by molar-refractivity contribution is 0.0702. The summed E-state index contributed by atoms with van der Waals surface area (Å²) in [6.45, 7) is 6.09. The maximum absolute atomic E-state index is 10.9. The summed E-state index contributed by atoms with van der Waals surface area (Å²) in [5.74, 6) is -0.820. The van der Waals surface area contributed by atoms with Gasteiger partial charge in [0.1, 0.15) is 4.88 Å². The summed E-state index contributed by atoms with van der Waals surface area (Å²) >= 11 is 1.37. The molecule has 0 unspecified atom stereocenters. The molecular formula is C14H21NO2S. The summed E-state index contributed by atoms with van der Waals surface area (Å²) in [4.78, 5) is 12.4. The number of aryl methyl sites for hydroxylation is 1. The van der Waals surface area contributed by atoms with Gasteiger partial charge in [0.2, 0.25) is 0 Å². The Balaban J connectivity index is 1.85. The van der Waals surface area contributed by atoms with E-state index in [9.17, 15) is 4.79 Å². The fourth-order valence-corrected chi connectivity index (χ4v) is 3.37. The third-order valence-electron chi connectivity index (χ3n) is 3.78. The summed E-state index contributed by atoms with van der Waals surface area (Å²) in [6.07, 6.45) is 5.25. The Bertz CT molecular complexity index is 435. The highest BCUT2D eigenvalue weighted by Crippen LogP contribution is 2.48. The smallest absolute Gasteiger partial charge is 0.345 e. The zero-order valence-corrected chi connectivity index (χ0v) is 11.9. The van der Waals surface area contributed by atoms with Crippen LogP contribution in [0, 0.1) is 12.3 Å². The lowest BCUT2D eigenvalue weighted by Gasteiger charge is -2.14. The van der Waals surface area contributed by atoms with Crippen molar-refractivity contribution in [3.8, 4) is 0 Å². The number of carbonyl (C=O) groups is 1. The second-order valence-electron chi connectivity index (χ2n) is 5.35. The van der Waals surface area contributed by atoms with Crippen molar-refractivity contribution in [2.45, 2.75) is 46.1 Å². The van der Waals surface area contributed by atoms with Crippen molar-refractivity contribution in [2.75, 3.05) is 6.54 Å². The molecule has 0 atom stereocenters. The molecule has 1 aromatic rings. The number of nitrogens with one attached hydrogen (secondary N) is 1. The minimum Gasteiger partial charge on any atom is -0.477 e. The van der Waals surface area contributed by atoms with Crippen molar-refractivity contribution in [3.63, 3.8) is 0 Å². The maximum atomic E-state index is 10.9. The standard InChI is InChI=1S/C14H21NO2S/c1-3-4-14(5-6-14)9-15-8-11-7-12(13(16)17)18-10(11)2/h7,15H,3-6,8-9H2,1-2H3,(H,16,17). The van der Waals surface area contributed by atoms with Gasteiger partial charge in [0.25, 0.3) is 0 Å². The third kappa shape index (κ3) is 3.12. The first kappa shape index (κ1) is 13.6. The lowest BCUT2D eigenvalue weighted by Crippen LogP contribution is -2.23. The van der Waals surface area contributed by atoms with E-state index in [0.29, 0.717) is 10.3 Å². The Hall–Kier alpha value is -0.870. The molecule has 18 heavy (non-hydrogen) atoms. The van der Waals surface area contributed by atoms with Crippen molar-refractivity contribution < 1.29 is 9.90 Å². The Morgan fingerprint density at radius 2 is 2.28 bits per heavy atom. The van der Waals surface area contributed by atoms with Crippen LogP contribution in [0.4, 0.5) is 0 Å². The van der Waals surface area contributed by atoms with Crippen LogP contribution in [0.25, 0.3) is 0 Å². The zero-order valence-electron chi connectivity index (χ0n) is 11.1. The van der Waals surface area contributed by atoms with Gasteiger partial charge in [0.05, 0.1) is 0 Å². The van der Waals surface area contributed by atoms with Crippen LogP contribution in [-0.4, -0.2) is 17.6 Å². The Morgan fingerprint density at radius 1 is 1.56 bits per heavy atom. The van der Waals surface area contributed by atoms with E-state index in [1.54, 1.807) is 6.07 Å². The molecule has 1 aromatic heterocycles. The second kappa shape index (κ2) is 5.41. The summed E-state index contributed by atoms with van der Waals surface area (Å²) < 4.78 is 0. The Labute approximate surface area is 112 Å². The predicted octanol–water partition coefficient (Wildman–Crippen LogP) is 3.42. The molecule has 1 heterocycles. The molecule has 100 valence electrons. The lowest BCUT2D eigenvalue weighted by atomic mass is 10.0. The zero-order chi connectivity index (χ0) is 13.2. The highest BCUT2D eigenvalue weighted by Gasteiger charge is 2.40.